The zero-order valence-electron chi connectivity index (χ0n) is 9.20. The molecule has 15 heavy (non-hydrogen) atoms. The molecular weight excluding hydrogens is 258 g/mol. The number of aromatic nitrogens is 1. The van der Waals surface area contributed by atoms with Gasteiger partial charge in [-0.2, -0.15) is 0 Å². The van der Waals surface area contributed by atoms with Crippen molar-refractivity contribution in [3.63, 3.8) is 0 Å². The van der Waals surface area contributed by atoms with Gasteiger partial charge in [-0.25, -0.2) is 0 Å². The highest BCUT2D eigenvalue weighted by molar-refractivity contribution is 9.10. The van der Waals surface area contributed by atoms with Gasteiger partial charge in [-0.15, -0.1) is 0 Å². The van der Waals surface area contributed by atoms with Crippen molar-refractivity contribution in [3.05, 3.63) is 28.5 Å². The number of rotatable bonds is 4. The van der Waals surface area contributed by atoms with Crippen molar-refractivity contribution in [2.45, 2.75) is 32.0 Å². The maximum atomic E-state index is 10.2. The molecule has 0 amide bonds. The Hall–Kier alpha value is -0.450. The molecule has 0 aliphatic rings. The first-order valence-corrected chi connectivity index (χ1v) is 5.59. The standard InChI is InChI=1S/C11H16BrNO2/c1-8(15-3)11(2,14)5-9-4-10(12)7-13-6-9/h4,6-8,14H,5H2,1-3H3. The molecule has 0 bridgehead atoms. The van der Waals surface area contributed by atoms with E-state index in [2.05, 4.69) is 20.9 Å². The highest BCUT2D eigenvalue weighted by Crippen LogP contribution is 2.20. The normalized spacial score (nSPS) is 17.1. The van der Waals surface area contributed by atoms with Gasteiger partial charge < -0.3 is 9.84 Å². The number of aliphatic hydroxyl groups is 1. The van der Waals surface area contributed by atoms with E-state index >= 15 is 0 Å². The van der Waals surface area contributed by atoms with Gasteiger partial charge in [0.25, 0.3) is 0 Å². The monoisotopic (exact) mass is 273 g/mol. The SMILES string of the molecule is COC(C)C(C)(O)Cc1cncc(Br)c1. The van der Waals surface area contributed by atoms with Crippen LogP contribution in [0.25, 0.3) is 0 Å². The molecular formula is C11H16BrNO2. The smallest absolute Gasteiger partial charge is 0.0917 e. The minimum atomic E-state index is -0.878. The first-order valence-electron chi connectivity index (χ1n) is 4.80. The van der Waals surface area contributed by atoms with Gasteiger partial charge in [0.1, 0.15) is 0 Å². The summed E-state index contributed by atoms with van der Waals surface area (Å²) in [4.78, 5) is 4.05. The summed E-state index contributed by atoms with van der Waals surface area (Å²) >= 11 is 3.35. The van der Waals surface area contributed by atoms with Gasteiger partial charge in [0.15, 0.2) is 0 Å². The maximum absolute atomic E-state index is 10.2. The van der Waals surface area contributed by atoms with E-state index in [1.54, 1.807) is 26.4 Å². The molecule has 0 saturated heterocycles. The number of pyridine rings is 1. The van der Waals surface area contributed by atoms with E-state index in [0.29, 0.717) is 6.42 Å². The summed E-state index contributed by atoms with van der Waals surface area (Å²) in [5.41, 5.74) is 0.107. The van der Waals surface area contributed by atoms with Gasteiger partial charge >= 0.3 is 0 Å². The largest absolute Gasteiger partial charge is 0.387 e. The molecule has 2 atom stereocenters. The predicted octanol–water partition coefficient (Wildman–Crippen LogP) is 2.17. The average molecular weight is 274 g/mol. The second kappa shape index (κ2) is 5.05. The first-order chi connectivity index (χ1) is 6.95. The first kappa shape index (κ1) is 12.6. The summed E-state index contributed by atoms with van der Waals surface area (Å²) < 4.78 is 6.05. The van der Waals surface area contributed by atoms with Gasteiger partial charge in [0, 0.05) is 30.4 Å². The second-order valence-corrected chi connectivity index (χ2v) is 4.84. The van der Waals surface area contributed by atoms with E-state index in [1.807, 2.05) is 13.0 Å². The maximum Gasteiger partial charge on any atom is 0.0917 e. The minimum absolute atomic E-state index is 0.212. The van der Waals surface area contributed by atoms with E-state index in [9.17, 15) is 5.11 Å². The van der Waals surface area contributed by atoms with Crippen LogP contribution in [0.2, 0.25) is 0 Å². The molecule has 0 spiro atoms. The molecule has 1 N–H and O–H groups in total. The molecule has 0 aliphatic carbocycles. The van der Waals surface area contributed by atoms with Crippen LogP contribution in [-0.2, 0) is 11.2 Å². The highest BCUT2D eigenvalue weighted by atomic mass is 79.9. The second-order valence-electron chi connectivity index (χ2n) is 3.92. The van der Waals surface area contributed by atoms with Crippen molar-refractivity contribution >= 4 is 15.9 Å². The summed E-state index contributed by atoms with van der Waals surface area (Å²) in [6.07, 6.45) is 3.78. The third kappa shape index (κ3) is 3.55. The Bertz CT molecular complexity index is 328. The summed E-state index contributed by atoms with van der Waals surface area (Å²) in [7, 11) is 1.60. The van der Waals surface area contributed by atoms with Crippen LogP contribution in [0.3, 0.4) is 0 Å². The zero-order chi connectivity index (χ0) is 11.5. The molecule has 0 radical (unpaired) electrons. The summed E-state index contributed by atoms with van der Waals surface area (Å²) in [5, 5.41) is 10.2. The van der Waals surface area contributed by atoms with E-state index in [4.69, 9.17) is 4.74 Å². The van der Waals surface area contributed by atoms with E-state index in [0.717, 1.165) is 10.0 Å². The molecule has 1 heterocycles. The van der Waals surface area contributed by atoms with Crippen LogP contribution in [0.4, 0.5) is 0 Å². The number of nitrogens with zero attached hydrogens (tertiary/aromatic N) is 1. The molecule has 84 valence electrons. The highest BCUT2D eigenvalue weighted by Gasteiger charge is 2.28. The number of ether oxygens (including phenoxy) is 1. The molecule has 1 rings (SSSR count). The van der Waals surface area contributed by atoms with Crippen LogP contribution < -0.4 is 0 Å². The topological polar surface area (TPSA) is 42.4 Å². The lowest BCUT2D eigenvalue weighted by atomic mass is 9.92. The Morgan fingerprint density at radius 3 is 2.80 bits per heavy atom. The van der Waals surface area contributed by atoms with Crippen molar-refractivity contribution in [2.24, 2.45) is 0 Å². The van der Waals surface area contributed by atoms with Gasteiger partial charge in [0.2, 0.25) is 0 Å². The van der Waals surface area contributed by atoms with Crippen molar-refractivity contribution in [2.75, 3.05) is 7.11 Å². The third-order valence-electron chi connectivity index (χ3n) is 2.55. The van der Waals surface area contributed by atoms with Gasteiger partial charge in [-0.1, -0.05) is 0 Å². The number of halogens is 1. The van der Waals surface area contributed by atoms with Gasteiger partial charge in [-0.05, 0) is 41.4 Å². The lowest BCUT2D eigenvalue weighted by Crippen LogP contribution is -2.40. The Morgan fingerprint density at radius 2 is 2.27 bits per heavy atom. The van der Waals surface area contributed by atoms with Crippen molar-refractivity contribution < 1.29 is 9.84 Å². The van der Waals surface area contributed by atoms with Gasteiger partial charge in [-0.3, -0.25) is 4.98 Å². The molecule has 4 heteroatoms. The summed E-state index contributed by atoms with van der Waals surface area (Å²) in [6, 6.07) is 1.95. The molecule has 3 nitrogen and oxygen atoms in total. The van der Waals surface area contributed by atoms with Crippen LogP contribution in [0, 0.1) is 0 Å². The molecule has 0 aliphatic heterocycles. The van der Waals surface area contributed by atoms with Crippen molar-refractivity contribution in [1.29, 1.82) is 0 Å². The lowest BCUT2D eigenvalue weighted by Gasteiger charge is -2.29. The lowest BCUT2D eigenvalue weighted by molar-refractivity contribution is -0.0716. The molecule has 0 fully saturated rings. The van der Waals surface area contributed by atoms with Crippen LogP contribution in [0.5, 0.6) is 0 Å². The summed E-state index contributed by atoms with van der Waals surface area (Å²) in [6.45, 7) is 3.62. The third-order valence-corrected chi connectivity index (χ3v) is 2.99. The molecule has 1 aromatic heterocycles. The fraction of sp³-hybridized carbons (Fsp3) is 0.545. The van der Waals surface area contributed by atoms with Crippen molar-refractivity contribution in [1.82, 2.24) is 4.98 Å². The minimum Gasteiger partial charge on any atom is -0.387 e. The number of hydrogen-bond donors (Lipinski definition) is 1. The summed E-state index contributed by atoms with van der Waals surface area (Å²) in [5.74, 6) is 0. The predicted molar refractivity (Wildman–Crippen MR) is 62.7 cm³/mol. The Morgan fingerprint density at radius 1 is 1.60 bits per heavy atom. The molecule has 0 saturated carbocycles. The molecule has 1 aromatic rings. The van der Waals surface area contributed by atoms with E-state index in [-0.39, 0.29) is 6.10 Å². The van der Waals surface area contributed by atoms with Gasteiger partial charge in [0.05, 0.1) is 11.7 Å². The molecule has 2 unspecified atom stereocenters. The van der Waals surface area contributed by atoms with Crippen LogP contribution in [0.1, 0.15) is 19.4 Å². The fourth-order valence-corrected chi connectivity index (χ4v) is 1.78. The Labute approximate surface area is 98.6 Å². The average Bonchev–Trinajstić information content (AvgIpc) is 2.15. The molecule has 0 aromatic carbocycles. The van der Waals surface area contributed by atoms with E-state index < -0.39 is 5.60 Å². The fourth-order valence-electron chi connectivity index (χ4n) is 1.36. The van der Waals surface area contributed by atoms with Crippen LogP contribution in [0.15, 0.2) is 22.9 Å². The van der Waals surface area contributed by atoms with Crippen LogP contribution in [-0.4, -0.2) is 28.9 Å². The quantitative estimate of drug-likeness (QED) is 0.915. The number of methoxy groups -OCH3 is 1. The Balaban J connectivity index is 2.77. The number of hydrogen-bond acceptors (Lipinski definition) is 3. The zero-order valence-corrected chi connectivity index (χ0v) is 10.8. The van der Waals surface area contributed by atoms with E-state index in [1.165, 1.54) is 0 Å². The Kier molecular flexibility index (Phi) is 4.25. The van der Waals surface area contributed by atoms with Crippen molar-refractivity contribution in [3.8, 4) is 0 Å². The van der Waals surface area contributed by atoms with Crippen LogP contribution >= 0.6 is 15.9 Å².